The monoisotopic (exact) mass is 383 g/mol. The molecule has 1 saturated heterocycles. The first-order chi connectivity index (χ1) is 12.7. The average Bonchev–Trinajstić information content (AvgIpc) is 2.98. The molecule has 0 unspecified atom stereocenters. The van der Waals surface area contributed by atoms with Crippen LogP contribution in [0.3, 0.4) is 0 Å². The lowest BCUT2D eigenvalue weighted by molar-refractivity contribution is -0.384. The second-order valence-electron chi connectivity index (χ2n) is 6.38. The number of benzene rings is 1. The number of hydrogen-bond acceptors (Lipinski definition) is 5. The van der Waals surface area contributed by atoms with E-state index in [-0.39, 0.29) is 5.69 Å². The van der Waals surface area contributed by atoms with Gasteiger partial charge in [0, 0.05) is 38.9 Å². The van der Waals surface area contributed by atoms with Gasteiger partial charge in [0.25, 0.3) is 0 Å². The second kappa shape index (κ2) is 7.09. The molecule has 1 aromatic heterocycles. The molecule has 2 heterocycles. The van der Waals surface area contributed by atoms with Gasteiger partial charge in [-0.1, -0.05) is 13.0 Å². The lowest BCUT2D eigenvalue weighted by atomic mass is 10.1. The maximum Gasteiger partial charge on any atom is 0.416 e. The van der Waals surface area contributed by atoms with E-state index in [2.05, 4.69) is 5.10 Å². The van der Waals surface area contributed by atoms with Crippen LogP contribution in [0.15, 0.2) is 24.3 Å². The molecule has 0 radical (unpaired) electrons. The number of nitrogens with zero attached hydrogens (tertiary/aromatic N) is 5. The Balaban J connectivity index is 1.79. The van der Waals surface area contributed by atoms with Crippen LogP contribution < -0.4 is 9.80 Å². The van der Waals surface area contributed by atoms with Crippen molar-refractivity contribution < 1.29 is 18.1 Å². The largest absolute Gasteiger partial charge is 0.416 e. The molecule has 1 fully saturated rings. The van der Waals surface area contributed by atoms with E-state index in [9.17, 15) is 23.3 Å². The molecule has 0 bridgehead atoms. The summed E-state index contributed by atoms with van der Waals surface area (Å²) in [6, 6.07) is 5.22. The van der Waals surface area contributed by atoms with E-state index in [1.807, 2.05) is 16.7 Å². The van der Waals surface area contributed by atoms with Gasteiger partial charge < -0.3 is 9.80 Å². The first-order valence-electron chi connectivity index (χ1n) is 8.59. The molecule has 0 saturated carbocycles. The van der Waals surface area contributed by atoms with Crippen LogP contribution in [0.2, 0.25) is 0 Å². The molecule has 10 heteroatoms. The summed E-state index contributed by atoms with van der Waals surface area (Å²) in [6.45, 7) is 3.65. The number of hydrogen-bond donors (Lipinski definition) is 0. The van der Waals surface area contributed by atoms with Crippen molar-refractivity contribution in [3.63, 3.8) is 0 Å². The number of piperazine rings is 1. The summed E-state index contributed by atoms with van der Waals surface area (Å²) >= 11 is 0. The summed E-state index contributed by atoms with van der Waals surface area (Å²) in [5.41, 5.74) is 0.251. The summed E-state index contributed by atoms with van der Waals surface area (Å²) in [4.78, 5) is 14.8. The molecule has 0 amide bonds. The Morgan fingerprint density at radius 2 is 1.81 bits per heavy atom. The van der Waals surface area contributed by atoms with Gasteiger partial charge in [0.2, 0.25) is 5.82 Å². The van der Waals surface area contributed by atoms with E-state index in [0.29, 0.717) is 49.8 Å². The first kappa shape index (κ1) is 19.0. The molecule has 0 aliphatic carbocycles. The SMILES string of the molecule is CCc1nn(C)c(N2CCN(c3cccc(C(F)(F)F)c3)CC2)c1[N+](=O)[O-]. The molecule has 146 valence electrons. The van der Waals surface area contributed by atoms with Crippen LogP contribution in [-0.2, 0) is 19.6 Å². The Morgan fingerprint density at radius 1 is 1.19 bits per heavy atom. The van der Waals surface area contributed by atoms with Crippen molar-refractivity contribution in [1.82, 2.24) is 9.78 Å². The van der Waals surface area contributed by atoms with Crippen molar-refractivity contribution in [3.8, 4) is 0 Å². The normalized spacial score (nSPS) is 15.3. The third kappa shape index (κ3) is 3.69. The summed E-state index contributed by atoms with van der Waals surface area (Å²) in [7, 11) is 1.67. The highest BCUT2D eigenvalue weighted by Gasteiger charge is 2.33. The zero-order valence-electron chi connectivity index (χ0n) is 15.0. The number of aromatic nitrogens is 2. The van der Waals surface area contributed by atoms with Crippen molar-refractivity contribution in [2.24, 2.45) is 7.05 Å². The topological polar surface area (TPSA) is 67.4 Å². The smallest absolute Gasteiger partial charge is 0.368 e. The van der Waals surface area contributed by atoms with Gasteiger partial charge in [-0.15, -0.1) is 0 Å². The van der Waals surface area contributed by atoms with Crippen LogP contribution in [0, 0.1) is 10.1 Å². The predicted molar refractivity (Wildman–Crippen MR) is 95.1 cm³/mol. The molecule has 0 N–H and O–H groups in total. The van der Waals surface area contributed by atoms with E-state index in [4.69, 9.17) is 0 Å². The summed E-state index contributed by atoms with van der Waals surface area (Å²) < 4.78 is 40.3. The number of anilines is 2. The fourth-order valence-electron chi connectivity index (χ4n) is 3.39. The molecule has 3 rings (SSSR count). The molecule has 27 heavy (non-hydrogen) atoms. The molecule has 1 aliphatic rings. The summed E-state index contributed by atoms with van der Waals surface area (Å²) in [5.74, 6) is 0.445. The standard InChI is InChI=1S/C17H20F3N5O2/c1-3-14-15(25(26)27)16(22(2)21-14)24-9-7-23(8-10-24)13-6-4-5-12(11-13)17(18,19)20/h4-6,11H,3,7-10H2,1-2H3. The Labute approximate surface area is 154 Å². The van der Waals surface area contributed by atoms with Crippen molar-refractivity contribution in [1.29, 1.82) is 0 Å². The van der Waals surface area contributed by atoms with Gasteiger partial charge in [0.1, 0.15) is 5.69 Å². The Kier molecular flexibility index (Phi) is 4.99. The number of rotatable bonds is 4. The summed E-state index contributed by atoms with van der Waals surface area (Å²) in [5, 5.41) is 15.7. The lowest BCUT2D eigenvalue weighted by Gasteiger charge is -2.36. The van der Waals surface area contributed by atoms with Crippen LogP contribution in [-0.4, -0.2) is 40.9 Å². The van der Waals surface area contributed by atoms with Crippen LogP contribution in [0.5, 0.6) is 0 Å². The van der Waals surface area contributed by atoms with Crippen molar-refractivity contribution in [2.45, 2.75) is 19.5 Å². The van der Waals surface area contributed by atoms with E-state index >= 15 is 0 Å². The Bertz CT molecular complexity index is 842. The van der Waals surface area contributed by atoms with Crippen molar-refractivity contribution in [3.05, 3.63) is 45.6 Å². The van der Waals surface area contributed by atoms with E-state index < -0.39 is 16.7 Å². The lowest BCUT2D eigenvalue weighted by Crippen LogP contribution is -2.47. The number of nitro groups is 1. The van der Waals surface area contributed by atoms with Crippen LogP contribution in [0.25, 0.3) is 0 Å². The van der Waals surface area contributed by atoms with Crippen molar-refractivity contribution in [2.75, 3.05) is 36.0 Å². The van der Waals surface area contributed by atoms with Crippen LogP contribution in [0.1, 0.15) is 18.2 Å². The van der Waals surface area contributed by atoms with Gasteiger partial charge in [-0.3, -0.25) is 10.1 Å². The predicted octanol–water partition coefficient (Wildman–Crippen LogP) is 3.24. The molecular formula is C17H20F3N5O2. The molecule has 0 atom stereocenters. The minimum absolute atomic E-state index is 0.00696. The van der Waals surface area contributed by atoms with Gasteiger partial charge in [0.05, 0.1) is 10.5 Å². The van der Waals surface area contributed by atoms with Gasteiger partial charge >= 0.3 is 11.9 Å². The first-order valence-corrected chi connectivity index (χ1v) is 8.59. The van der Waals surface area contributed by atoms with Gasteiger partial charge in [-0.25, -0.2) is 4.68 Å². The van der Waals surface area contributed by atoms with E-state index in [1.165, 1.54) is 10.7 Å². The van der Waals surface area contributed by atoms with Crippen LogP contribution >= 0.6 is 0 Å². The van der Waals surface area contributed by atoms with E-state index in [1.54, 1.807) is 13.1 Å². The van der Waals surface area contributed by atoms with E-state index in [0.717, 1.165) is 12.1 Å². The highest BCUT2D eigenvalue weighted by molar-refractivity contribution is 5.63. The zero-order valence-corrected chi connectivity index (χ0v) is 15.0. The minimum atomic E-state index is -4.39. The number of halogens is 3. The molecule has 2 aromatic rings. The molecule has 1 aliphatic heterocycles. The summed E-state index contributed by atoms with van der Waals surface area (Å²) in [6.07, 6.45) is -3.93. The maximum atomic E-state index is 12.9. The fourth-order valence-corrected chi connectivity index (χ4v) is 3.39. The zero-order chi connectivity index (χ0) is 19.8. The minimum Gasteiger partial charge on any atom is -0.368 e. The molecule has 0 spiro atoms. The van der Waals surface area contributed by atoms with Gasteiger partial charge in [-0.2, -0.15) is 18.3 Å². The average molecular weight is 383 g/mol. The Morgan fingerprint density at radius 3 is 2.37 bits per heavy atom. The highest BCUT2D eigenvalue weighted by Crippen LogP contribution is 2.34. The second-order valence-corrected chi connectivity index (χ2v) is 6.38. The quantitative estimate of drug-likeness (QED) is 0.599. The number of alkyl halides is 3. The van der Waals surface area contributed by atoms with Gasteiger partial charge in [-0.05, 0) is 24.6 Å². The number of aryl methyl sites for hydroxylation is 2. The molecule has 1 aromatic carbocycles. The molecule has 7 nitrogen and oxygen atoms in total. The fraction of sp³-hybridized carbons (Fsp3) is 0.471. The highest BCUT2D eigenvalue weighted by atomic mass is 19.4. The molecular weight excluding hydrogens is 363 g/mol. The van der Waals surface area contributed by atoms with Gasteiger partial charge in [0.15, 0.2) is 0 Å². The van der Waals surface area contributed by atoms with Crippen LogP contribution in [0.4, 0.5) is 30.4 Å². The van der Waals surface area contributed by atoms with Crippen molar-refractivity contribution >= 4 is 17.2 Å². The third-order valence-corrected chi connectivity index (χ3v) is 4.70. The third-order valence-electron chi connectivity index (χ3n) is 4.70. The Hall–Kier alpha value is -2.78. The maximum absolute atomic E-state index is 12.9.